The van der Waals surface area contributed by atoms with Crippen molar-refractivity contribution in [1.82, 2.24) is 0 Å². The molecule has 0 nitrogen and oxygen atoms in total. The normalized spacial score (nSPS) is 13.1. The van der Waals surface area contributed by atoms with Crippen LogP contribution in [-0.2, 0) is 16.2 Å². The van der Waals surface area contributed by atoms with Gasteiger partial charge < -0.3 is 0 Å². The van der Waals surface area contributed by atoms with E-state index in [0.29, 0.717) is 0 Å². The zero-order chi connectivity index (χ0) is 28.6. The summed E-state index contributed by atoms with van der Waals surface area (Å²) in [7, 11) is 0. The first-order chi connectivity index (χ1) is 18.7. The third-order valence-corrected chi connectivity index (χ3v) is 8.55. The highest BCUT2D eigenvalue weighted by Gasteiger charge is 2.30. The van der Waals surface area contributed by atoms with E-state index >= 15 is 0 Å². The van der Waals surface area contributed by atoms with E-state index in [9.17, 15) is 0 Å². The first-order valence-corrected chi connectivity index (χ1v) is 14.7. The quantitative estimate of drug-likeness (QED) is 0.188. The summed E-state index contributed by atoms with van der Waals surface area (Å²) < 4.78 is 0. The van der Waals surface area contributed by atoms with Gasteiger partial charge in [0.15, 0.2) is 0 Å². The van der Waals surface area contributed by atoms with Crippen LogP contribution in [0.1, 0.15) is 79.0 Å². The number of benzene rings is 6. The van der Waals surface area contributed by atoms with Crippen molar-refractivity contribution in [2.75, 3.05) is 0 Å². The molecule has 0 saturated carbocycles. The second kappa shape index (κ2) is 8.93. The molecule has 0 N–H and O–H groups in total. The van der Waals surface area contributed by atoms with Crippen LogP contribution >= 0.6 is 0 Å². The Labute approximate surface area is 240 Å². The first kappa shape index (κ1) is 26.6. The monoisotopic (exact) mass is 522 g/mol. The van der Waals surface area contributed by atoms with E-state index in [0.717, 1.165) is 0 Å². The summed E-state index contributed by atoms with van der Waals surface area (Å²) in [6, 6.07) is 34.7. The van der Waals surface area contributed by atoms with E-state index in [4.69, 9.17) is 0 Å². The summed E-state index contributed by atoms with van der Waals surface area (Å²) in [6.07, 6.45) is 0. The topological polar surface area (TPSA) is 0 Å². The van der Waals surface area contributed by atoms with Gasteiger partial charge in [-0.1, -0.05) is 117 Å². The third-order valence-electron chi connectivity index (χ3n) is 8.55. The lowest BCUT2D eigenvalue weighted by molar-refractivity contribution is 0.551. The molecule has 0 saturated heterocycles. The van der Waals surface area contributed by atoms with E-state index in [2.05, 4.69) is 153 Å². The minimum atomic E-state index is 0.00681. The Morgan fingerprint density at radius 3 is 1.27 bits per heavy atom. The summed E-state index contributed by atoms with van der Waals surface area (Å²) in [5.41, 5.74) is 7.12. The van der Waals surface area contributed by atoms with Crippen molar-refractivity contribution >= 4 is 43.1 Å². The van der Waals surface area contributed by atoms with E-state index in [1.807, 2.05) is 0 Å². The molecule has 6 aromatic rings. The highest BCUT2D eigenvalue weighted by molar-refractivity contribution is 6.11. The van der Waals surface area contributed by atoms with E-state index in [1.54, 1.807) is 0 Å². The van der Waals surface area contributed by atoms with Gasteiger partial charge in [-0.05, 0) is 124 Å². The standard InChI is InChI=1S/C40H42/c1-38(2,3)32-23-35(39(4,5)6)37(36(24-32)40(7,8)9)33-16-12-15-27-19-30-20-28-17-25-13-10-11-14-26(25)18-29(28)21-31(30)22-34(27)33/h10-24H,1-9H3. The van der Waals surface area contributed by atoms with Crippen LogP contribution in [0.4, 0.5) is 0 Å². The third kappa shape index (κ3) is 4.58. The lowest BCUT2D eigenvalue weighted by atomic mass is 9.70. The molecule has 40 heavy (non-hydrogen) atoms. The minimum Gasteiger partial charge on any atom is -0.0616 e. The fraction of sp³-hybridized carbons (Fsp3) is 0.300. The van der Waals surface area contributed by atoms with Crippen LogP contribution in [0.15, 0.2) is 91.0 Å². The Morgan fingerprint density at radius 1 is 0.375 bits per heavy atom. The van der Waals surface area contributed by atoms with Crippen molar-refractivity contribution in [1.29, 1.82) is 0 Å². The SMILES string of the molecule is CC(C)(C)c1cc(C(C)(C)C)c(-c2cccc3cc4cc5cc6ccccc6cc5cc4cc23)c(C(C)(C)C)c1. The predicted octanol–water partition coefficient (Wildman–Crippen LogP) is 11.9. The molecule has 0 bridgehead atoms. The lowest BCUT2D eigenvalue weighted by Crippen LogP contribution is -2.23. The molecule has 0 fully saturated rings. The Hall–Kier alpha value is -3.64. The number of fused-ring (bicyclic) bond motifs is 4. The Morgan fingerprint density at radius 2 is 0.800 bits per heavy atom. The van der Waals surface area contributed by atoms with Gasteiger partial charge in [0.1, 0.15) is 0 Å². The average molecular weight is 523 g/mol. The summed E-state index contributed by atoms with van der Waals surface area (Å²) in [5.74, 6) is 0. The van der Waals surface area contributed by atoms with Crippen LogP contribution in [0.25, 0.3) is 54.2 Å². The largest absolute Gasteiger partial charge is 0.0616 e. The van der Waals surface area contributed by atoms with Crippen molar-refractivity contribution in [2.24, 2.45) is 0 Å². The van der Waals surface area contributed by atoms with E-state index in [-0.39, 0.29) is 16.2 Å². The Kier molecular flexibility index (Phi) is 5.94. The van der Waals surface area contributed by atoms with Gasteiger partial charge in [0.25, 0.3) is 0 Å². The van der Waals surface area contributed by atoms with Gasteiger partial charge in [-0.2, -0.15) is 0 Å². The Bertz CT molecular complexity index is 1890. The molecule has 0 aromatic heterocycles. The van der Waals surface area contributed by atoms with Crippen LogP contribution in [0, 0.1) is 0 Å². The molecule has 0 radical (unpaired) electrons. The van der Waals surface area contributed by atoms with Gasteiger partial charge in [-0.3, -0.25) is 0 Å². The second-order valence-electron chi connectivity index (χ2n) is 14.8. The molecule has 0 atom stereocenters. The summed E-state index contributed by atoms with van der Waals surface area (Å²) in [6.45, 7) is 21.2. The summed E-state index contributed by atoms with van der Waals surface area (Å²) >= 11 is 0. The van der Waals surface area contributed by atoms with Crippen LogP contribution in [-0.4, -0.2) is 0 Å². The maximum atomic E-state index is 2.49. The molecule has 0 aliphatic carbocycles. The molecule has 202 valence electrons. The fourth-order valence-electron chi connectivity index (χ4n) is 6.24. The van der Waals surface area contributed by atoms with Gasteiger partial charge in [0, 0.05) is 0 Å². The molecule has 0 heterocycles. The molecular formula is C40H42. The van der Waals surface area contributed by atoms with Crippen molar-refractivity contribution in [2.45, 2.75) is 78.6 Å². The van der Waals surface area contributed by atoms with Crippen LogP contribution in [0.2, 0.25) is 0 Å². The van der Waals surface area contributed by atoms with E-state index < -0.39 is 0 Å². The van der Waals surface area contributed by atoms with Crippen molar-refractivity contribution in [3.8, 4) is 11.1 Å². The fourth-order valence-corrected chi connectivity index (χ4v) is 6.24. The highest BCUT2D eigenvalue weighted by atomic mass is 14.3. The second-order valence-corrected chi connectivity index (χ2v) is 14.8. The average Bonchev–Trinajstić information content (AvgIpc) is 2.87. The molecule has 6 rings (SSSR count). The van der Waals surface area contributed by atoms with Gasteiger partial charge in [-0.15, -0.1) is 0 Å². The molecule has 0 heteroatoms. The molecule has 0 aliphatic rings. The molecule has 0 amide bonds. The highest BCUT2D eigenvalue weighted by Crippen LogP contribution is 2.46. The zero-order valence-electron chi connectivity index (χ0n) is 25.7. The van der Waals surface area contributed by atoms with Crippen molar-refractivity contribution in [3.05, 3.63) is 108 Å². The lowest BCUT2D eigenvalue weighted by Gasteiger charge is -2.34. The summed E-state index contributed by atoms with van der Waals surface area (Å²) in [4.78, 5) is 0. The number of rotatable bonds is 1. The van der Waals surface area contributed by atoms with Crippen molar-refractivity contribution < 1.29 is 0 Å². The smallest absolute Gasteiger partial charge is 0.00988 e. The number of hydrogen-bond donors (Lipinski definition) is 0. The zero-order valence-corrected chi connectivity index (χ0v) is 25.7. The summed E-state index contributed by atoms with van der Waals surface area (Å²) in [5, 5.41) is 10.4. The van der Waals surface area contributed by atoms with E-state index in [1.165, 1.54) is 70.9 Å². The van der Waals surface area contributed by atoms with Crippen molar-refractivity contribution in [3.63, 3.8) is 0 Å². The molecule has 6 aromatic carbocycles. The molecule has 0 aliphatic heterocycles. The van der Waals surface area contributed by atoms with Gasteiger partial charge in [0.2, 0.25) is 0 Å². The first-order valence-electron chi connectivity index (χ1n) is 14.7. The van der Waals surface area contributed by atoms with Gasteiger partial charge in [-0.25, -0.2) is 0 Å². The Balaban J connectivity index is 1.69. The van der Waals surface area contributed by atoms with Gasteiger partial charge in [0.05, 0.1) is 0 Å². The van der Waals surface area contributed by atoms with Crippen LogP contribution in [0.3, 0.4) is 0 Å². The molecule has 0 spiro atoms. The maximum absolute atomic E-state index is 2.49. The molecule has 0 unspecified atom stereocenters. The minimum absolute atomic E-state index is 0.00681. The van der Waals surface area contributed by atoms with Crippen LogP contribution < -0.4 is 0 Å². The predicted molar refractivity (Wildman–Crippen MR) is 178 cm³/mol. The molecular weight excluding hydrogens is 480 g/mol. The van der Waals surface area contributed by atoms with Gasteiger partial charge >= 0.3 is 0 Å². The van der Waals surface area contributed by atoms with Crippen LogP contribution in [0.5, 0.6) is 0 Å². The number of hydrogen-bond acceptors (Lipinski definition) is 0. The maximum Gasteiger partial charge on any atom is -0.00988 e.